The smallest absolute Gasteiger partial charge is 0.405 e. The SMILES string of the molecule is CCC(CCO)NC(C)c1ccccc1OC(F)(F)F. The number of hydrogen-bond acceptors (Lipinski definition) is 3. The maximum Gasteiger partial charge on any atom is 0.573 e. The van der Waals surface area contributed by atoms with Crippen LogP contribution in [0.3, 0.4) is 0 Å². The Hall–Kier alpha value is -1.27. The van der Waals surface area contributed by atoms with Gasteiger partial charge in [0.15, 0.2) is 0 Å². The van der Waals surface area contributed by atoms with Crippen molar-refractivity contribution in [1.82, 2.24) is 5.32 Å². The van der Waals surface area contributed by atoms with Gasteiger partial charge in [-0.2, -0.15) is 0 Å². The van der Waals surface area contributed by atoms with E-state index in [2.05, 4.69) is 10.1 Å². The highest BCUT2D eigenvalue weighted by Gasteiger charge is 2.32. The lowest BCUT2D eigenvalue weighted by Gasteiger charge is -2.24. The van der Waals surface area contributed by atoms with E-state index in [-0.39, 0.29) is 24.4 Å². The molecule has 0 aliphatic heterocycles. The van der Waals surface area contributed by atoms with E-state index in [9.17, 15) is 13.2 Å². The first-order chi connectivity index (χ1) is 9.37. The normalized spacial score (nSPS) is 14.9. The van der Waals surface area contributed by atoms with Crippen LogP contribution in [0.5, 0.6) is 5.75 Å². The van der Waals surface area contributed by atoms with Crippen molar-refractivity contribution in [2.45, 2.75) is 45.1 Å². The van der Waals surface area contributed by atoms with Crippen molar-refractivity contribution < 1.29 is 23.0 Å². The van der Waals surface area contributed by atoms with Gasteiger partial charge in [-0.05, 0) is 25.8 Å². The summed E-state index contributed by atoms with van der Waals surface area (Å²) >= 11 is 0. The molecule has 0 fully saturated rings. The average Bonchev–Trinajstić information content (AvgIpc) is 2.36. The quantitative estimate of drug-likeness (QED) is 0.809. The molecule has 0 amide bonds. The van der Waals surface area contributed by atoms with Gasteiger partial charge in [0.05, 0.1) is 0 Å². The van der Waals surface area contributed by atoms with Crippen molar-refractivity contribution in [3.63, 3.8) is 0 Å². The molecular formula is C14H20F3NO2. The summed E-state index contributed by atoms with van der Waals surface area (Å²) in [7, 11) is 0. The molecule has 0 heterocycles. The lowest BCUT2D eigenvalue weighted by atomic mass is 10.0. The maximum atomic E-state index is 12.4. The largest absolute Gasteiger partial charge is 0.573 e. The molecule has 0 saturated heterocycles. The van der Waals surface area contributed by atoms with Crippen LogP contribution < -0.4 is 10.1 Å². The Kier molecular flexibility index (Phi) is 6.29. The van der Waals surface area contributed by atoms with Crippen molar-refractivity contribution >= 4 is 0 Å². The van der Waals surface area contributed by atoms with Gasteiger partial charge < -0.3 is 15.2 Å². The molecule has 0 bridgehead atoms. The van der Waals surface area contributed by atoms with Crippen molar-refractivity contribution in [3.05, 3.63) is 29.8 Å². The summed E-state index contributed by atoms with van der Waals surface area (Å²) in [6.07, 6.45) is -3.36. The number of para-hydroxylation sites is 1. The molecule has 20 heavy (non-hydrogen) atoms. The Balaban J connectivity index is 2.84. The van der Waals surface area contributed by atoms with Gasteiger partial charge >= 0.3 is 6.36 Å². The molecule has 0 radical (unpaired) electrons. The molecule has 0 aliphatic carbocycles. The van der Waals surface area contributed by atoms with Crippen molar-refractivity contribution in [3.8, 4) is 5.75 Å². The number of aliphatic hydroxyl groups is 1. The van der Waals surface area contributed by atoms with E-state index in [1.165, 1.54) is 12.1 Å². The number of halogens is 3. The van der Waals surface area contributed by atoms with E-state index in [4.69, 9.17) is 5.11 Å². The van der Waals surface area contributed by atoms with Gasteiger partial charge in [-0.25, -0.2) is 0 Å². The number of alkyl halides is 3. The Morgan fingerprint density at radius 1 is 1.30 bits per heavy atom. The Bertz CT molecular complexity index is 410. The molecule has 1 aromatic rings. The molecular weight excluding hydrogens is 271 g/mol. The third-order valence-corrected chi connectivity index (χ3v) is 3.07. The molecule has 2 N–H and O–H groups in total. The van der Waals surface area contributed by atoms with Crippen LogP contribution in [-0.2, 0) is 0 Å². The minimum atomic E-state index is -4.70. The first-order valence-corrected chi connectivity index (χ1v) is 6.59. The fourth-order valence-electron chi connectivity index (χ4n) is 2.06. The van der Waals surface area contributed by atoms with Gasteiger partial charge in [0, 0.05) is 24.3 Å². The van der Waals surface area contributed by atoms with Gasteiger partial charge in [-0.3, -0.25) is 0 Å². The van der Waals surface area contributed by atoms with Crippen molar-refractivity contribution in [1.29, 1.82) is 0 Å². The van der Waals surface area contributed by atoms with Crippen LogP contribution in [0, 0.1) is 0 Å². The van der Waals surface area contributed by atoms with Crippen LogP contribution in [0.25, 0.3) is 0 Å². The lowest BCUT2D eigenvalue weighted by Crippen LogP contribution is -2.32. The minimum Gasteiger partial charge on any atom is -0.405 e. The predicted octanol–water partition coefficient (Wildman–Crippen LogP) is 3.40. The van der Waals surface area contributed by atoms with Crippen LogP contribution in [0.1, 0.15) is 38.3 Å². The highest BCUT2D eigenvalue weighted by molar-refractivity contribution is 5.35. The molecule has 1 rings (SSSR count). The van der Waals surface area contributed by atoms with Crippen LogP contribution >= 0.6 is 0 Å². The molecule has 0 aromatic heterocycles. The summed E-state index contributed by atoms with van der Waals surface area (Å²) in [5.41, 5.74) is 0.446. The second kappa shape index (κ2) is 7.50. The van der Waals surface area contributed by atoms with Crippen LogP contribution in [0.2, 0.25) is 0 Å². The van der Waals surface area contributed by atoms with E-state index in [0.29, 0.717) is 12.0 Å². The second-order valence-electron chi connectivity index (χ2n) is 4.59. The maximum absolute atomic E-state index is 12.4. The van der Waals surface area contributed by atoms with Crippen LogP contribution in [0.4, 0.5) is 13.2 Å². The zero-order valence-electron chi connectivity index (χ0n) is 11.6. The molecule has 1 aromatic carbocycles. The highest BCUT2D eigenvalue weighted by atomic mass is 19.4. The summed E-state index contributed by atoms with van der Waals surface area (Å²) in [5.74, 6) is -0.196. The van der Waals surface area contributed by atoms with Gasteiger partial charge in [0.1, 0.15) is 5.75 Å². The Labute approximate surface area is 116 Å². The van der Waals surface area contributed by atoms with Gasteiger partial charge in [-0.15, -0.1) is 13.2 Å². The van der Waals surface area contributed by atoms with E-state index in [1.54, 1.807) is 19.1 Å². The van der Waals surface area contributed by atoms with E-state index in [0.717, 1.165) is 6.42 Å². The van der Waals surface area contributed by atoms with E-state index in [1.807, 2.05) is 6.92 Å². The van der Waals surface area contributed by atoms with Gasteiger partial charge in [0.2, 0.25) is 0 Å². The second-order valence-corrected chi connectivity index (χ2v) is 4.59. The minimum absolute atomic E-state index is 0.0406. The van der Waals surface area contributed by atoms with Gasteiger partial charge in [0.25, 0.3) is 0 Å². The Morgan fingerprint density at radius 2 is 1.95 bits per heavy atom. The monoisotopic (exact) mass is 291 g/mol. The third kappa shape index (κ3) is 5.38. The molecule has 0 spiro atoms. The summed E-state index contributed by atoms with van der Waals surface area (Å²) in [6, 6.07) is 5.82. The molecule has 6 heteroatoms. The number of nitrogens with one attached hydrogen (secondary N) is 1. The molecule has 3 nitrogen and oxygen atoms in total. The summed E-state index contributed by atoms with van der Waals surface area (Å²) in [4.78, 5) is 0. The van der Waals surface area contributed by atoms with E-state index >= 15 is 0 Å². The molecule has 0 saturated carbocycles. The highest BCUT2D eigenvalue weighted by Crippen LogP contribution is 2.30. The standard InChI is InChI=1S/C14H20F3NO2/c1-3-11(8-9-19)18-10(2)12-6-4-5-7-13(12)20-14(15,16)17/h4-7,10-11,18-19H,3,8-9H2,1-2H3. The molecule has 2 unspecified atom stereocenters. The number of hydrogen-bond donors (Lipinski definition) is 2. The number of ether oxygens (including phenoxy) is 1. The number of benzene rings is 1. The topological polar surface area (TPSA) is 41.5 Å². The Morgan fingerprint density at radius 3 is 2.50 bits per heavy atom. The van der Waals surface area contributed by atoms with E-state index < -0.39 is 6.36 Å². The fraction of sp³-hybridized carbons (Fsp3) is 0.571. The zero-order valence-corrected chi connectivity index (χ0v) is 11.6. The lowest BCUT2D eigenvalue weighted by molar-refractivity contribution is -0.275. The molecule has 0 aliphatic rings. The average molecular weight is 291 g/mol. The van der Waals surface area contributed by atoms with Gasteiger partial charge in [-0.1, -0.05) is 25.1 Å². The third-order valence-electron chi connectivity index (χ3n) is 3.07. The van der Waals surface area contributed by atoms with Crippen molar-refractivity contribution in [2.75, 3.05) is 6.61 Å². The summed E-state index contributed by atoms with van der Waals surface area (Å²) in [6.45, 7) is 3.77. The molecule has 114 valence electrons. The van der Waals surface area contributed by atoms with Crippen molar-refractivity contribution in [2.24, 2.45) is 0 Å². The van der Waals surface area contributed by atoms with Crippen LogP contribution in [-0.4, -0.2) is 24.1 Å². The number of aliphatic hydroxyl groups excluding tert-OH is 1. The van der Waals surface area contributed by atoms with Crippen LogP contribution in [0.15, 0.2) is 24.3 Å². The molecule has 2 atom stereocenters. The number of rotatable bonds is 7. The fourth-order valence-corrected chi connectivity index (χ4v) is 2.06. The first-order valence-electron chi connectivity index (χ1n) is 6.59. The predicted molar refractivity (Wildman–Crippen MR) is 70.5 cm³/mol. The zero-order chi connectivity index (χ0) is 15.2. The summed E-state index contributed by atoms with van der Waals surface area (Å²) < 4.78 is 41.1. The first kappa shape index (κ1) is 16.8. The summed E-state index contributed by atoms with van der Waals surface area (Å²) in [5, 5.41) is 12.1.